The summed E-state index contributed by atoms with van der Waals surface area (Å²) in [6, 6.07) is 0.412. The summed E-state index contributed by atoms with van der Waals surface area (Å²) in [5, 5.41) is 8.97. The Hall–Kier alpha value is -1.14. The van der Waals surface area contributed by atoms with E-state index in [4.69, 9.17) is 4.74 Å². The molecule has 20 heavy (non-hydrogen) atoms. The van der Waals surface area contributed by atoms with Crippen LogP contribution < -0.4 is 16.0 Å². The molecule has 0 bridgehead atoms. The van der Waals surface area contributed by atoms with Crippen molar-refractivity contribution >= 4 is 11.8 Å². The van der Waals surface area contributed by atoms with Gasteiger partial charge in [0.05, 0.1) is 6.10 Å². The number of amides is 2. The molecule has 1 heterocycles. The second-order valence-corrected chi connectivity index (χ2v) is 5.56. The number of nitrogens with one attached hydrogen (secondary N) is 3. The van der Waals surface area contributed by atoms with Crippen molar-refractivity contribution in [1.82, 2.24) is 16.0 Å². The number of rotatable bonds is 8. The summed E-state index contributed by atoms with van der Waals surface area (Å²) in [4.78, 5) is 23.0. The van der Waals surface area contributed by atoms with Crippen LogP contribution in [0.3, 0.4) is 0 Å². The standard InChI is InChI=1S/C14H25N3O3/c18-13(17-11-3-4-11)2-1-7-16-14(19)10-20-12-5-8-15-9-6-12/h11-12,15H,1-10H2,(H,16,19)(H,17,18). The molecule has 2 amide bonds. The lowest BCUT2D eigenvalue weighted by Crippen LogP contribution is -2.36. The first kappa shape index (κ1) is 15.3. The Morgan fingerprint density at radius 1 is 1.10 bits per heavy atom. The number of carbonyl (C=O) groups excluding carboxylic acids is 2. The monoisotopic (exact) mass is 283 g/mol. The molecule has 0 atom stereocenters. The minimum absolute atomic E-state index is 0.0905. The largest absolute Gasteiger partial charge is 0.368 e. The summed E-state index contributed by atoms with van der Waals surface area (Å²) < 4.78 is 5.55. The predicted octanol–water partition coefficient (Wildman–Crippen LogP) is -0.0700. The van der Waals surface area contributed by atoms with Gasteiger partial charge in [-0.1, -0.05) is 0 Å². The maximum absolute atomic E-state index is 11.6. The minimum atomic E-state index is -0.0915. The Labute approximate surface area is 120 Å². The zero-order valence-electron chi connectivity index (χ0n) is 12.0. The second kappa shape index (κ2) is 8.21. The van der Waals surface area contributed by atoms with Gasteiger partial charge in [-0.05, 0) is 45.2 Å². The van der Waals surface area contributed by atoms with Gasteiger partial charge in [-0.3, -0.25) is 9.59 Å². The van der Waals surface area contributed by atoms with E-state index in [0.29, 0.717) is 25.4 Å². The van der Waals surface area contributed by atoms with Crippen molar-refractivity contribution in [1.29, 1.82) is 0 Å². The number of piperidine rings is 1. The summed E-state index contributed by atoms with van der Waals surface area (Å²) >= 11 is 0. The molecular weight excluding hydrogens is 258 g/mol. The highest BCUT2D eigenvalue weighted by Crippen LogP contribution is 2.18. The van der Waals surface area contributed by atoms with Crippen molar-refractivity contribution in [2.45, 2.75) is 50.7 Å². The van der Waals surface area contributed by atoms with E-state index in [1.807, 2.05) is 0 Å². The first-order valence-corrected chi connectivity index (χ1v) is 7.62. The fraction of sp³-hybridized carbons (Fsp3) is 0.857. The summed E-state index contributed by atoms with van der Waals surface area (Å²) in [6.45, 7) is 2.58. The molecule has 1 aliphatic carbocycles. The van der Waals surface area contributed by atoms with Crippen molar-refractivity contribution in [3.63, 3.8) is 0 Å². The first-order chi connectivity index (χ1) is 9.74. The van der Waals surface area contributed by atoms with Crippen LogP contribution in [0.4, 0.5) is 0 Å². The Balaban J connectivity index is 1.43. The Bertz CT molecular complexity index is 326. The summed E-state index contributed by atoms with van der Waals surface area (Å²) in [5.74, 6) is -0.00108. The van der Waals surface area contributed by atoms with Gasteiger partial charge in [-0.25, -0.2) is 0 Å². The highest BCUT2D eigenvalue weighted by atomic mass is 16.5. The van der Waals surface area contributed by atoms with Crippen LogP contribution in [-0.2, 0) is 14.3 Å². The molecule has 2 rings (SSSR count). The van der Waals surface area contributed by atoms with Crippen LogP contribution in [0, 0.1) is 0 Å². The van der Waals surface area contributed by atoms with Gasteiger partial charge in [0.15, 0.2) is 0 Å². The van der Waals surface area contributed by atoms with Gasteiger partial charge in [0.1, 0.15) is 6.61 Å². The molecule has 3 N–H and O–H groups in total. The molecule has 1 saturated heterocycles. The smallest absolute Gasteiger partial charge is 0.246 e. The fourth-order valence-corrected chi connectivity index (χ4v) is 2.21. The lowest BCUT2D eigenvalue weighted by atomic mass is 10.1. The van der Waals surface area contributed by atoms with Crippen LogP contribution in [-0.4, -0.2) is 50.2 Å². The van der Waals surface area contributed by atoms with Crippen molar-refractivity contribution < 1.29 is 14.3 Å². The molecule has 6 nitrogen and oxygen atoms in total. The summed E-state index contributed by atoms with van der Waals surface area (Å²) in [7, 11) is 0. The Morgan fingerprint density at radius 2 is 1.85 bits per heavy atom. The number of ether oxygens (including phenoxy) is 1. The normalized spacial score (nSPS) is 19.6. The molecule has 0 aromatic heterocycles. The number of carbonyl (C=O) groups is 2. The van der Waals surface area contributed by atoms with E-state index in [2.05, 4.69) is 16.0 Å². The van der Waals surface area contributed by atoms with Crippen LogP contribution in [0.2, 0.25) is 0 Å². The first-order valence-electron chi connectivity index (χ1n) is 7.62. The third-order valence-corrected chi connectivity index (χ3v) is 3.58. The van der Waals surface area contributed by atoms with Crippen molar-refractivity contribution in [3.8, 4) is 0 Å². The maximum atomic E-state index is 11.6. The molecule has 2 aliphatic rings. The lowest BCUT2D eigenvalue weighted by Gasteiger charge is -2.22. The topological polar surface area (TPSA) is 79.5 Å². The SMILES string of the molecule is O=C(COC1CCNCC1)NCCCC(=O)NC1CC1. The van der Waals surface area contributed by atoms with Gasteiger partial charge in [0, 0.05) is 19.0 Å². The van der Waals surface area contributed by atoms with E-state index in [0.717, 1.165) is 38.8 Å². The fourth-order valence-electron chi connectivity index (χ4n) is 2.21. The molecule has 1 aliphatic heterocycles. The molecule has 0 unspecified atom stereocenters. The minimum Gasteiger partial charge on any atom is -0.368 e. The van der Waals surface area contributed by atoms with Gasteiger partial charge >= 0.3 is 0 Å². The summed E-state index contributed by atoms with van der Waals surface area (Å²) in [6.07, 6.45) is 5.51. The molecule has 0 aromatic rings. The van der Waals surface area contributed by atoms with Crippen LogP contribution >= 0.6 is 0 Å². The molecule has 6 heteroatoms. The highest BCUT2D eigenvalue weighted by Gasteiger charge is 2.22. The molecule has 114 valence electrons. The van der Waals surface area contributed by atoms with Gasteiger partial charge < -0.3 is 20.7 Å². The van der Waals surface area contributed by atoms with E-state index < -0.39 is 0 Å². The van der Waals surface area contributed by atoms with E-state index in [9.17, 15) is 9.59 Å². The zero-order chi connectivity index (χ0) is 14.2. The second-order valence-electron chi connectivity index (χ2n) is 5.56. The number of hydrogen-bond donors (Lipinski definition) is 3. The maximum Gasteiger partial charge on any atom is 0.246 e. The molecule has 0 aromatic carbocycles. The van der Waals surface area contributed by atoms with E-state index >= 15 is 0 Å². The summed E-state index contributed by atoms with van der Waals surface area (Å²) in [5.41, 5.74) is 0. The van der Waals surface area contributed by atoms with E-state index in [1.165, 1.54) is 0 Å². The predicted molar refractivity (Wildman–Crippen MR) is 75.3 cm³/mol. The zero-order valence-corrected chi connectivity index (χ0v) is 12.0. The lowest BCUT2D eigenvalue weighted by molar-refractivity contribution is -0.128. The van der Waals surface area contributed by atoms with Gasteiger partial charge in [0.2, 0.25) is 11.8 Å². The average molecular weight is 283 g/mol. The molecule has 0 radical (unpaired) electrons. The third kappa shape index (κ3) is 6.34. The molecular formula is C14H25N3O3. The quantitative estimate of drug-likeness (QED) is 0.545. The average Bonchev–Trinajstić information content (AvgIpc) is 3.26. The molecule has 1 saturated carbocycles. The highest BCUT2D eigenvalue weighted by molar-refractivity contribution is 5.78. The Morgan fingerprint density at radius 3 is 2.55 bits per heavy atom. The van der Waals surface area contributed by atoms with E-state index in [1.54, 1.807) is 0 Å². The van der Waals surface area contributed by atoms with Crippen molar-refractivity contribution in [2.24, 2.45) is 0 Å². The molecule has 0 spiro atoms. The van der Waals surface area contributed by atoms with Gasteiger partial charge in [-0.15, -0.1) is 0 Å². The van der Waals surface area contributed by atoms with Crippen LogP contribution in [0.5, 0.6) is 0 Å². The van der Waals surface area contributed by atoms with Crippen LogP contribution in [0.1, 0.15) is 38.5 Å². The number of hydrogen-bond acceptors (Lipinski definition) is 4. The van der Waals surface area contributed by atoms with Crippen LogP contribution in [0.15, 0.2) is 0 Å². The van der Waals surface area contributed by atoms with E-state index in [-0.39, 0.29) is 24.5 Å². The van der Waals surface area contributed by atoms with Crippen molar-refractivity contribution in [3.05, 3.63) is 0 Å². The molecule has 2 fully saturated rings. The Kier molecular flexibility index (Phi) is 6.26. The van der Waals surface area contributed by atoms with Crippen LogP contribution in [0.25, 0.3) is 0 Å². The van der Waals surface area contributed by atoms with Crippen molar-refractivity contribution in [2.75, 3.05) is 26.2 Å². The van der Waals surface area contributed by atoms with Gasteiger partial charge in [-0.2, -0.15) is 0 Å². The third-order valence-electron chi connectivity index (χ3n) is 3.58. The van der Waals surface area contributed by atoms with Gasteiger partial charge in [0.25, 0.3) is 0 Å².